The maximum Gasteiger partial charge on any atom is 0.416 e. The number of aromatic amines is 1. The average molecular weight is 430 g/mol. The van der Waals surface area contributed by atoms with Gasteiger partial charge in [-0.1, -0.05) is 12.2 Å². The molecule has 1 N–H and O–H groups in total. The van der Waals surface area contributed by atoms with Crippen molar-refractivity contribution < 1.29 is 17.9 Å². The van der Waals surface area contributed by atoms with E-state index in [9.17, 15) is 13.2 Å². The number of aliphatic imine (C=N–C) groups is 1. The Morgan fingerprint density at radius 1 is 1.10 bits per heavy atom. The molecule has 0 atom stereocenters. The molecule has 3 heterocycles. The molecule has 5 nitrogen and oxygen atoms in total. The summed E-state index contributed by atoms with van der Waals surface area (Å²) in [4.78, 5) is 14.3. The molecule has 1 saturated heterocycles. The number of benzene rings is 1. The fourth-order valence-corrected chi connectivity index (χ4v) is 3.70. The predicted molar refractivity (Wildman–Crippen MR) is 116 cm³/mol. The van der Waals surface area contributed by atoms with Crippen LogP contribution in [0.25, 0.3) is 16.6 Å². The van der Waals surface area contributed by atoms with Gasteiger partial charge in [0.25, 0.3) is 0 Å². The number of halogens is 3. The highest BCUT2D eigenvalue weighted by Crippen LogP contribution is 2.31. The molecule has 0 spiro atoms. The number of H-pyrrole nitrogens is 1. The van der Waals surface area contributed by atoms with Gasteiger partial charge in [0.1, 0.15) is 11.7 Å². The first-order valence-electron chi connectivity index (χ1n) is 10.3. The fourth-order valence-electron chi connectivity index (χ4n) is 3.70. The molecule has 1 fully saturated rings. The number of nitrogens with one attached hydrogen (secondary N) is 1. The summed E-state index contributed by atoms with van der Waals surface area (Å²) < 4.78 is 44.2. The van der Waals surface area contributed by atoms with Crippen LogP contribution in [-0.2, 0) is 10.9 Å². The van der Waals surface area contributed by atoms with Gasteiger partial charge in [-0.15, -0.1) is 0 Å². The highest BCUT2D eigenvalue weighted by molar-refractivity contribution is 5.84. The van der Waals surface area contributed by atoms with Crippen molar-refractivity contribution in [2.45, 2.75) is 32.9 Å². The largest absolute Gasteiger partial charge is 0.416 e. The maximum atomic E-state index is 12.9. The molecule has 1 aromatic heterocycles. The number of ether oxygens (including phenoxy) is 1. The molecular weight excluding hydrogens is 405 g/mol. The monoisotopic (exact) mass is 430 g/mol. The first-order valence-corrected chi connectivity index (χ1v) is 10.3. The van der Waals surface area contributed by atoms with Crippen LogP contribution >= 0.6 is 0 Å². The van der Waals surface area contributed by atoms with Crippen LogP contribution in [0, 0.1) is 0 Å². The van der Waals surface area contributed by atoms with Crippen molar-refractivity contribution in [1.82, 2.24) is 14.9 Å². The number of hydrogen-bond acceptors (Lipinski definition) is 4. The van der Waals surface area contributed by atoms with Crippen molar-refractivity contribution in [3.63, 3.8) is 0 Å². The van der Waals surface area contributed by atoms with E-state index < -0.39 is 11.7 Å². The summed E-state index contributed by atoms with van der Waals surface area (Å²) in [6.45, 7) is 7.20. The van der Waals surface area contributed by atoms with E-state index in [4.69, 9.17) is 4.74 Å². The summed E-state index contributed by atoms with van der Waals surface area (Å²) in [7, 11) is 0. The van der Waals surface area contributed by atoms with Crippen LogP contribution in [0.4, 0.5) is 13.2 Å². The minimum Gasteiger partial charge on any atom is -0.378 e. The highest BCUT2D eigenvalue weighted by atomic mass is 19.4. The lowest BCUT2D eigenvalue weighted by atomic mass is 10.00. The predicted octanol–water partition coefficient (Wildman–Crippen LogP) is 5.34. The zero-order valence-corrected chi connectivity index (χ0v) is 17.6. The Morgan fingerprint density at radius 3 is 2.52 bits per heavy atom. The first kappa shape index (κ1) is 21.4. The van der Waals surface area contributed by atoms with Crippen LogP contribution in [0.15, 0.2) is 52.7 Å². The Balaban J connectivity index is 1.49. The number of imidazole rings is 1. The first-order chi connectivity index (χ1) is 14.8. The molecule has 0 unspecified atom stereocenters. The van der Waals surface area contributed by atoms with Gasteiger partial charge >= 0.3 is 6.18 Å². The third-order valence-electron chi connectivity index (χ3n) is 5.64. The molecule has 2 aliphatic rings. The van der Waals surface area contributed by atoms with Crippen molar-refractivity contribution in [1.29, 1.82) is 0 Å². The van der Waals surface area contributed by atoms with Crippen molar-refractivity contribution in [3.05, 3.63) is 59.1 Å². The zero-order valence-electron chi connectivity index (χ0n) is 17.6. The number of amidine groups is 1. The lowest BCUT2D eigenvalue weighted by molar-refractivity contribution is -0.137. The number of allylic oxidation sites excluding steroid dienone is 5. The number of rotatable bonds is 3. The smallest absolute Gasteiger partial charge is 0.378 e. The molecule has 0 aliphatic carbocycles. The Morgan fingerprint density at radius 2 is 1.84 bits per heavy atom. The van der Waals surface area contributed by atoms with Crippen molar-refractivity contribution in [2.75, 3.05) is 26.3 Å². The van der Waals surface area contributed by atoms with Crippen LogP contribution in [0.2, 0.25) is 0 Å². The molecule has 2 aromatic rings. The third-order valence-corrected chi connectivity index (χ3v) is 5.64. The topological polar surface area (TPSA) is 53.5 Å². The molecule has 164 valence electrons. The lowest BCUT2D eigenvalue weighted by Crippen LogP contribution is -2.41. The Labute approximate surface area is 179 Å². The van der Waals surface area contributed by atoms with Gasteiger partial charge in [0.05, 0.1) is 29.8 Å². The third kappa shape index (κ3) is 4.90. The molecule has 1 aromatic carbocycles. The Hall–Kier alpha value is -2.87. The molecule has 31 heavy (non-hydrogen) atoms. The minimum atomic E-state index is -4.37. The number of morpholine rings is 1. The molecule has 0 saturated carbocycles. The highest BCUT2D eigenvalue weighted by Gasteiger charge is 2.30. The van der Waals surface area contributed by atoms with E-state index in [1.807, 2.05) is 32.2 Å². The molecular formula is C23H25F3N4O. The molecule has 8 heteroatoms. The SMILES string of the molecule is C/C(=C\C=C(/C)c1nc2ccc(C(F)(F)F)cc2[nH]1)C1=CN=C(N2CCOCC2)CC1. The van der Waals surface area contributed by atoms with Gasteiger partial charge in [-0.25, -0.2) is 9.98 Å². The van der Waals surface area contributed by atoms with Crippen molar-refractivity contribution in [3.8, 4) is 0 Å². The van der Waals surface area contributed by atoms with Gasteiger partial charge in [-0.3, -0.25) is 0 Å². The number of fused-ring (bicyclic) bond motifs is 1. The summed E-state index contributed by atoms with van der Waals surface area (Å²) in [5, 5.41) is 0. The van der Waals surface area contributed by atoms with E-state index in [1.165, 1.54) is 11.6 Å². The second kappa shape index (κ2) is 8.70. The molecule has 2 aliphatic heterocycles. The van der Waals surface area contributed by atoms with Gasteiger partial charge in [0, 0.05) is 25.7 Å². The van der Waals surface area contributed by atoms with Crippen molar-refractivity contribution in [2.24, 2.45) is 4.99 Å². The number of nitrogens with zero attached hydrogens (tertiary/aromatic N) is 3. The van der Waals surface area contributed by atoms with E-state index in [2.05, 4.69) is 19.9 Å². The summed E-state index contributed by atoms with van der Waals surface area (Å²) in [6, 6.07) is 3.54. The summed E-state index contributed by atoms with van der Waals surface area (Å²) in [5.41, 5.74) is 3.33. The molecule has 0 amide bonds. The van der Waals surface area contributed by atoms with E-state index in [-0.39, 0.29) is 0 Å². The standard InChI is InChI=1S/C23H25F3N4O/c1-15(17-5-8-21(27-14-17)30-9-11-31-12-10-30)3-4-16(2)22-28-19-7-6-18(23(24,25)26)13-20(19)29-22/h3-4,6-7,13-14H,5,8-12H2,1-2H3,(H,28,29)/b15-3+,16-4+. The number of alkyl halides is 3. The van der Waals surface area contributed by atoms with E-state index in [1.54, 1.807) is 0 Å². The van der Waals surface area contributed by atoms with Gasteiger partial charge in [-0.2, -0.15) is 13.2 Å². The normalized spacial score (nSPS) is 18.9. The maximum absolute atomic E-state index is 12.9. The van der Waals surface area contributed by atoms with E-state index >= 15 is 0 Å². The van der Waals surface area contributed by atoms with Gasteiger partial charge in [0.15, 0.2) is 0 Å². The fraction of sp³-hybridized carbons (Fsp3) is 0.391. The average Bonchev–Trinajstić information content (AvgIpc) is 3.21. The van der Waals surface area contributed by atoms with Crippen LogP contribution in [0.3, 0.4) is 0 Å². The van der Waals surface area contributed by atoms with Crippen LogP contribution in [0.1, 0.15) is 38.1 Å². The molecule has 4 rings (SSSR count). The van der Waals surface area contributed by atoms with E-state index in [0.29, 0.717) is 16.9 Å². The van der Waals surface area contributed by atoms with Crippen LogP contribution in [0.5, 0.6) is 0 Å². The van der Waals surface area contributed by atoms with Crippen LogP contribution < -0.4 is 0 Å². The second-order valence-corrected chi connectivity index (χ2v) is 7.81. The number of hydrogen-bond donors (Lipinski definition) is 1. The molecule has 0 bridgehead atoms. The lowest BCUT2D eigenvalue weighted by Gasteiger charge is -2.31. The zero-order chi connectivity index (χ0) is 22.0. The summed E-state index contributed by atoms with van der Waals surface area (Å²) in [5.74, 6) is 1.68. The number of aromatic nitrogens is 2. The quantitative estimate of drug-likeness (QED) is 0.669. The Bertz CT molecular complexity index is 1090. The van der Waals surface area contributed by atoms with Crippen molar-refractivity contribution >= 4 is 22.4 Å². The second-order valence-electron chi connectivity index (χ2n) is 7.81. The van der Waals surface area contributed by atoms with E-state index in [0.717, 1.165) is 68.3 Å². The van der Waals surface area contributed by atoms with Crippen LogP contribution in [-0.4, -0.2) is 47.0 Å². The minimum absolute atomic E-state index is 0.373. The summed E-state index contributed by atoms with van der Waals surface area (Å²) >= 11 is 0. The van der Waals surface area contributed by atoms with Gasteiger partial charge in [0.2, 0.25) is 0 Å². The molecule has 0 radical (unpaired) electrons. The van der Waals surface area contributed by atoms with Gasteiger partial charge < -0.3 is 14.6 Å². The Kier molecular flexibility index (Phi) is 6.00. The summed E-state index contributed by atoms with van der Waals surface area (Å²) in [6.07, 6.45) is 3.33. The van der Waals surface area contributed by atoms with Gasteiger partial charge in [-0.05, 0) is 55.2 Å².